The summed E-state index contributed by atoms with van der Waals surface area (Å²) >= 11 is 6.10. The standard InChI is InChI=1S/C14H13ClN2/c1-11-7-9-12(10-8-11)14(15)17-16-13-5-3-2-4-6-13/h2-10,16H,1H3/b17-14+. The van der Waals surface area contributed by atoms with Gasteiger partial charge in [0.15, 0.2) is 5.17 Å². The van der Waals surface area contributed by atoms with Crippen molar-refractivity contribution in [3.63, 3.8) is 0 Å². The van der Waals surface area contributed by atoms with Gasteiger partial charge in [-0.25, -0.2) is 0 Å². The number of anilines is 1. The van der Waals surface area contributed by atoms with Crippen LogP contribution in [0, 0.1) is 6.92 Å². The first kappa shape index (κ1) is 11.7. The van der Waals surface area contributed by atoms with E-state index in [1.54, 1.807) is 0 Å². The molecule has 0 spiro atoms. The van der Waals surface area contributed by atoms with Crippen LogP contribution in [0.2, 0.25) is 0 Å². The van der Waals surface area contributed by atoms with Crippen LogP contribution in [0.4, 0.5) is 5.69 Å². The van der Waals surface area contributed by atoms with E-state index in [1.165, 1.54) is 5.56 Å². The molecule has 0 aliphatic rings. The molecule has 0 fully saturated rings. The Morgan fingerprint density at radius 2 is 1.65 bits per heavy atom. The zero-order valence-corrected chi connectivity index (χ0v) is 10.3. The van der Waals surface area contributed by atoms with E-state index in [4.69, 9.17) is 11.6 Å². The van der Waals surface area contributed by atoms with E-state index in [0.717, 1.165) is 11.3 Å². The minimum absolute atomic E-state index is 0.453. The summed E-state index contributed by atoms with van der Waals surface area (Å²) in [6, 6.07) is 17.6. The molecule has 2 rings (SSSR count). The predicted octanol–water partition coefficient (Wildman–Crippen LogP) is 4.01. The Hall–Kier alpha value is -1.80. The molecule has 3 heteroatoms. The summed E-state index contributed by atoms with van der Waals surface area (Å²) in [7, 11) is 0. The van der Waals surface area contributed by atoms with Crippen molar-refractivity contribution in [1.82, 2.24) is 0 Å². The van der Waals surface area contributed by atoms with Crippen molar-refractivity contribution >= 4 is 22.5 Å². The van der Waals surface area contributed by atoms with Crippen molar-refractivity contribution < 1.29 is 0 Å². The lowest BCUT2D eigenvalue weighted by Crippen LogP contribution is -1.96. The molecule has 0 aromatic heterocycles. The predicted molar refractivity (Wildman–Crippen MR) is 73.6 cm³/mol. The molecule has 0 radical (unpaired) electrons. The Morgan fingerprint density at radius 1 is 1.00 bits per heavy atom. The average Bonchev–Trinajstić information content (AvgIpc) is 2.38. The maximum Gasteiger partial charge on any atom is 0.156 e. The zero-order chi connectivity index (χ0) is 12.1. The molecule has 0 aliphatic carbocycles. The van der Waals surface area contributed by atoms with Crippen LogP contribution in [0.1, 0.15) is 11.1 Å². The molecule has 0 atom stereocenters. The van der Waals surface area contributed by atoms with E-state index in [0.29, 0.717) is 5.17 Å². The lowest BCUT2D eigenvalue weighted by Gasteiger charge is -2.02. The SMILES string of the molecule is Cc1ccc(/C(Cl)=N\Nc2ccccc2)cc1. The van der Waals surface area contributed by atoms with Crippen LogP contribution in [0.25, 0.3) is 0 Å². The molecule has 2 aromatic rings. The number of halogens is 1. The van der Waals surface area contributed by atoms with Gasteiger partial charge in [-0.15, -0.1) is 0 Å². The Balaban J connectivity index is 2.10. The van der Waals surface area contributed by atoms with Gasteiger partial charge >= 0.3 is 0 Å². The van der Waals surface area contributed by atoms with Gasteiger partial charge in [0, 0.05) is 5.56 Å². The lowest BCUT2D eigenvalue weighted by atomic mass is 10.2. The topological polar surface area (TPSA) is 24.4 Å². The molecule has 86 valence electrons. The molecule has 0 saturated carbocycles. The smallest absolute Gasteiger partial charge is 0.156 e. The van der Waals surface area contributed by atoms with E-state index >= 15 is 0 Å². The van der Waals surface area contributed by atoms with E-state index in [-0.39, 0.29) is 0 Å². The summed E-state index contributed by atoms with van der Waals surface area (Å²) < 4.78 is 0. The second kappa shape index (κ2) is 5.51. The number of rotatable bonds is 3. The van der Waals surface area contributed by atoms with Gasteiger partial charge in [-0.05, 0) is 19.1 Å². The van der Waals surface area contributed by atoms with Crippen molar-refractivity contribution in [1.29, 1.82) is 0 Å². The largest absolute Gasteiger partial charge is 0.277 e. The average molecular weight is 245 g/mol. The number of nitrogens with one attached hydrogen (secondary N) is 1. The van der Waals surface area contributed by atoms with Gasteiger partial charge in [0.1, 0.15) is 0 Å². The monoisotopic (exact) mass is 244 g/mol. The highest BCUT2D eigenvalue weighted by molar-refractivity contribution is 6.69. The molecule has 2 nitrogen and oxygen atoms in total. The molecule has 0 saturated heterocycles. The third-order valence-corrected chi connectivity index (χ3v) is 2.65. The molecule has 0 amide bonds. The van der Waals surface area contributed by atoms with Crippen molar-refractivity contribution in [3.8, 4) is 0 Å². The van der Waals surface area contributed by atoms with Crippen LogP contribution in [-0.2, 0) is 0 Å². The number of aryl methyl sites for hydroxylation is 1. The van der Waals surface area contributed by atoms with Gasteiger partial charge in [-0.2, -0.15) is 5.10 Å². The van der Waals surface area contributed by atoms with Crippen molar-refractivity contribution in [3.05, 3.63) is 65.7 Å². The van der Waals surface area contributed by atoms with Crippen LogP contribution < -0.4 is 5.43 Å². The van der Waals surface area contributed by atoms with Crippen molar-refractivity contribution in [2.24, 2.45) is 5.10 Å². The van der Waals surface area contributed by atoms with Crippen LogP contribution in [0.3, 0.4) is 0 Å². The number of hydrogen-bond acceptors (Lipinski definition) is 2. The molecule has 2 aromatic carbocycles. The van der Waals surface area contributed by atoms with Crippen molar-refractivity contribution in [2.45, 2.75) is 6.92 Å². The minimum atomic E-state index is 0.453. The fraction of sp³-hybridized carbons (Fsp3) is 0.0714. The highest BCUT2D eigenvalue weighted by Gasteiger charge is 1.98. The maximum absolute atomic E-state index is 6.10. The zero-order valence-electron chi connectivity index (χ0n) is 9.52. The summed E-state index contributed by atoms with van der Waals surface area (Å²) in [5.74, 6) is 0. The summed E-state index contributed by atoms with van der Waals surface area (Å²) in [5.41, 5.74) is 5.93. The second-order valence-electron chi connectivity index (χ2n) is 3.75. The highest BCUT2D eigenvalue weighted by Crippen LogP contribution is 2.09. The van der Waals surface area contributed by atoms with Crippen LogP contribution in [0.5, 0.6) is 0 Å². The van der Waals surface area contributed by atoms with E-state index in [2.05, 4.69) is 10.5 Å². The first-order chi connectivity index (χ1) is 8.25. The van der Waals surface area contributed by atoms with Crippen LogP contribution in [0.15, 0.2) is 59.7 Å². The number of para-hydroxylation sites is 1. The van der Waals surface area contributed by atoms with Crippen LogP contribution >= 0.6 is 11.6 Å². The van der Waals surface area contributed by atoms with E-state index < -0.39 is 0 Å². The number of hydrazone groups is 1. The Bertz CT molecular complexity index is 504. The van der Waals surface area contributed by atoms with Gasteiger partial charge in [0.05, 0.1) is 5.69 Å². The summed E-state index contributed by atoms with van der Waals surface area (Å²) in [4.78, 5) is 0. The molecule has 0 bridgehead atoms. The fourth-order valence-electron chi connectivity index (χ4n) is 1.38. The first-order valence-corrected chi connectivity index (χ1v) is 5.75. The lowest BCUT2D eigenvalue weighted by molar-refractivity contribution is 1.34. The van der Waals surface area contributed by atoms with Crippen LogP contribution in [-0.4, -0.2) is 5.17 Å². The summed E-state index contributed by atoms with van der Waals surface area (Å²) in [6.07, 6.45) is 0. The van der Waals surface area contributed by atoms with Gasteiger partial charge in [-0.3, -0.25) is 5.43 Å². The number of benzene rings is 2. The summed E-state index contributed by atoms with van der Waals surface area (Å²) in [6.45, 7) is 2.04. The minimum Gasteiger partial charge on any atom is -0.277 e. The third kappa shape index (κ3) is 3.33. The van der Waals surface area contributed by atoms with Gasteiger partial charge in [0.25, 0.3) is 0 Å². The first-order valence-electron chi connectivity index (χ1n) is 5.37. The Labute approximate surface area is 106 Å². The molecule has 0 aliphatic heterocycles. The molecule has 0 unspecified atom stereocenters. The quantitative estimate of drug-likeness (QED) is 0.640. The van der Waals surface area contributed by atoms with Gasteiger partial charge in [0.2, 0.25) is 0 Å². The molecular formula is C14H13ClN2. The highest BCUT2D eigenvalue weighted by atomic mass is 35.5. The number of nitrogens with zero attached hydrogens (tertiary/aromatic N) is 1. The van der Waals surface area contributed by atoms with Gasteiger partial charge in [-0.1, -0.05) is 59.6 Å². The maximum atomic E-state index is 6.10. The fourth-order valence-corrected chi connectivity index (χ4v) is 1.55. The summed E-state index contributed by atoms with van der Waals surface area (Å²) in [5, 5.41) is 4.58. The van der Waals surface area contributed by atoms with Gasteiger partial charge < -0.3 is 0 Å². The Morgan fingerprint density at radius 3 is 2.29 bits per heavy atom. The third-order valence-electron chi connectivity index (χ3n) is 2.35. The molecular weight excluding hydrogens is 232 g/mol. The van der Waals surface area contributed by atoms with E-state index in [1.807, 2.05) is 61.5 Å². The Kier molecular flexibility index (Phi) is 3.78. The molecule has 1 N–H and O–H groups in total. The molecule has 17 heavy (non-hydrogen) atoms. The normalized spacial score (nSPS) is 11.3. The van der Waals surface area contributed by atoms with E-state index in [9.17, 15) is 0 Å². The molecule has 0 heterocycles. The van der Waals surface area contributed by atoms with Crippen molar-refractivity contribution in [2.75, 3.05) is 5.43 Å². The second-order valence-corrected chi connectivity index (χ2v) is 4.10. The number of hydrogen-bond donors (Lipinski definition) is 1.